The van der Waals surface area contributed by atoms with Crippen molar-refractivity contribution in [2.24, 2.45) is 0 Å². The van der Waals surface area contributed by atoms with Gasteiger partial charge in [-0.2, -0.15) is 0 Å². The molecule has 4 heterocycles. The number of tetrazole rings is 1. The van der Waals surface area contributed by atoms with Crippen molar-refractivity contribution in [3.05, 3.63) is 52.7 Å². The van der Waals surface area contributed by atoms with Crippen LogP contribution in [0.2, 0.25) is 0 Å². The average molecular weight is 414 g/mol. The zero-order valence-corrected chi connectivity index (χ0v) is 16.6. The molecule has 0 saturated carbocycles. The molecule has 10 heteroatoms. The van der Waals surface area contributed by atoms with Gasteiger partial charge in [0.25, 0.3) is 0 Å². The molecule has 1 aliphatic rings. The average Bonchev–Trinajstić information content (AvgIpc) is 3.48. The van der Waals surface area contributed by atoms with Gasteiger partial charge in [0.1, 0.15) is 0 Å². The minimum absolute atomic E-state index is 0.312. The van der Waals surface area contributed by atoms with E-state index in [0.29, 0.717) is 12.6 Å². The molecule has 5 rings (SSSR count). The summed E-state index contributed by atoms with van der Waals surface area (Å²) in [7, 11) is 0. The van der Waals surface area contributed by atoms with Crippen molar-refractivity contribution >= 4 is 34.9 Å². The summed E-state index contributed by atoms with van der Waals surface area (Å²) in [6.45, 7) is 0.708. The van der Waals surface area contributed by atoms with E-state index in [1.54, 1.807) is 34.9 Å². The maximum atomic E-state index is 4.41. The second-order valence-corrected chi connectivity index (χ2v) is 9.02. The van der Waals surface area contributed by atoms with Crippen LogP contribution in [-0.2, 0) is 6.54 Å². The Hall–Kier alpha value is -2.17. The minimum atomic E-state index is 0.312. The van der Waals surface area contributed by atoms with Crippen LogP contribution in [0.4, 0.5) is 0 Å². The smallest absolute Gasteiger partial charge is 0.209 e. The van der Waals surface area contributed by atoms with E-state index in [1.807, 2.05) is 28.9 Å². The summed E-state index contributed by atoms with van der Waals surface area (Å²) in [4.78, 5) is 1.24. The molecule has 0 saturated heterocycles. The Bertz CT molecular complexity index is 1030. The van der Waals surface area contributed by atoms with E-state index in [9.17, 15) is 0 Å². The van der Waals surface area contributed by atoms with Crippen molar-refractivity contribution < 1.29 is 0 Å². The molecular weight excluding hydrogens is 398 g/mol. The van der Waals surface area contributed by atoms with Crippen LogP contribution < -0.4 is 0 Å². The van der Waals surface area contributed by atoms with E-state index in [4.69, 9.17) is 0 Å². The molecule has 1 aliphatic heterocycles. The highest BCUT2D eigenvalue weighted by molar-refractivity contribution is 8.00. The molecule has 136 valence electrons. The lowest BCUT2D eigenvalue weighted by molar-refractivity contribution is 0.589. The van der Waals surface area contributed by atoms with E-state index in [0.717, 1.165) is 33.2 Å². The maximum absolute atomic E-state index is 4.41. The van der Waals surface area contributed by atoms with Gasteiger partial charge in [0.2, 0.25) is 5.16 Å². The molecule has 0 radical (unpaired) electrons. The molecule has 0 bridgehead atoms. The molecule has 1 aromatic carbocycles. The predicted molar refractivity (Wildman–Crippen MR) is 107 cm³/mol. The van der Waals surface area contributed by atoms with Crippen molar-refractivity contribution in [2.45, 2.75) is 22.9 Å². The molecule has 27 heavy (non-hydrogen) atoms. The van der Waals surface area contributed by atoms with E-state index >= 15 is 0 Å². The third kappa shape index (κ3) is 3.40. The molecule has 0 fully saturated rings. The topological polar surface area (TPSA) is 74.3 Å². The summed E-state index contributed by atoms with van der Waals surface area (Å²) in [5, 5.41) is 24.9. The van der Waals surface area contributed by atoms with Gasteiger partial charge in [0.05, 0.1) is 12.6 Å². The normalized spacial score (nSPS) is 15.9. The van der Waals surface area contributed by atoms with E-state index < -0.39 is 0 Å². The van der Waals surface area contributed by atoms with Crippen LogP contribution in [0.3, 0.4) is 0 Å². The Balaban J connectivity index is 1.33. The number of hydrogen-bond acceptors (Lipinski definition) is 8. The molecule has 1 atom stereocenters. The van der Waals surface area contributed by atoms with Crippen molar-refractivity contribution in [1.29, 1.82) is 0 Å². The van der Waals surface area contributed by atoms with E-state index in [1.165, 1.54) is 4.88 Å². The quantitative estimate of drug-likeness (QED) is 0.448. The van der Waals surface area contributed by atoms with Gasteiger partial charge in [0, 0.05) is 21.9 Å². The van der Waals surface area contributed by atoms with Crippen LogP contribution in [0.15, 0.2) is 58.2 Å². The van der Waals surface area contributed by atoms with Crippen LogP contribution in [-0.4, -0.2) is 46.5 Å². The standard InChI is InChI=1S/C17H15N7S3/c1-2-5-12(6-3-1)15-18-19-17-24(15)13(11-27-17)10-26-16-20-21-22-23(16)9-14-7-4-8-25-14/h1-8,13H,9-11H2/t13-/m0/s1. The highest BCUT2D eigenvalue weighted by Gasteiger charge is 2.29. The first-order valence-corrected chi connectivity index (χ1v) is 11.3. The zero-order chi connectivity index (χ0) is 18.1. The molecule has 4 aromatic rings. The fourth-order valence-electron chi connectivity index (χ4n) is 2.98. The number of nitrogens with zero attached hydrogens (tertiary/aromatic N) is 7. The number of fused-ring (bicyclic) bond motifs is 1. The molecule has 0 N–H and O–H groups in total. The van der Waals surface area contributed by atoms with Crippen LogP contribution in [0.5, 0.6) is 0 Å². The second-order valence-electron chi connectivity index (χ2n) is 6.02. The largest absolute Gasteiger partial charge is 0.297 e. The van der Waals surface area contributed by atoms with Gasteiger partial charge in [-0.1, -0.05) is 59.9 Å². The van der Waals surface area contributed by atoms with E-state index in [-0.39, 0.29) is 0 Å². The highest BCUT2D eigenvalue weighted by Crippen LogP contribution is 2.38. The molecule has 0 amide bonds. The number of hydrogen-bond donors (Lipinski definition) is 0. The summed E-state index contributed by atoms with van der Waals surface area (Å²) >= 11 is 5.16. The van der Waals surface area contributed by atoms with Crippen molar-refractivity contribution in [2.75, 3.05) is 11.5 Å². The number of benzene rings is 1. The monoisotopic (exact) mass is 413 g/mol. The highest BCUT2D eigenvalue weighted by atomic mass is 32.2. The molecule has 7 nitrogen and oxygen atoms in total. The summed E-state index contributed by atoms with van der Waals surface area (Å²) in [5.41, 5.74) is 1.09. The lowest BCUT2D eigenvalue weighted by Crippen LogP contribution is -2.12. The van der Waals surface area contributed by atoms with Crippen LogP contribution in [0.1, 0.15) is 10.9 Å². The lowest BCUT2D eigenvalue weighted by Gasteiger charge is -2.14. The summed E-state index contributed by atoms with van der Waals surface area (Å²) < 4.78 is 4.12. The summed E-state index contributed by atoms with van der Waals surface area (Å²) in [6.07, 6.45) is 0. The lowest BCUT2D eigenvalue weighted by atomic mass is 10.2. The van der Waals surface area contributed by atoms with Gasteiger partial charge in [-0.3, -0.25) is 4.57 Å². The fraction of sp³-hybridized carbons (Fsp3) is 0.235. The Kier molecular flexibility index (Phi) is 4.68. The Morgan fingerprint density at radius 3 is 2.85 bits per heavy atom. The van der Waals surface area contributed by atoms with Crippen LogP contribution in [0, 0.1) is 0 Å². The van der Waals surface area contributed by atoms with Gasteiger partial charge < -0.3 is 0 Å². The minimum Gasteiger partial charge on any atom is -0.297 e. The molecule has 0 aliphatic carbocycles. The molecule has 0 spiro atoms. The van der Waals surface area contributed by atoms with Gasteiger partial charge in [0.15, 0.2) is 11.0 Å². The summed E-state index contributed by atoms with van der Waals surface area (Å²) in [5.74, 6) is 2.80. The molecule has 3 aromatic heterocycles. The first-order valence-electron chi connectivity index (χ1n) is 8.43. The third-order valence-electron chi connectivity index (χ3n) is 4.26. The number of thioether (sulfide) groups is 2. The first-order chi connectivity index (χ1) is 13.4. The van der Waals surface area contributed by atoms with Gasteiger partial charge in [-0.05, 0) is 21.9 Å². The van der Waals surface area contributed by atoms with Crippen molar-refractivity contribution in [1.82, 2.24) is 35.0 Å². The van der Waals surface area contributed by atoms with Crippen LogP contribution in [0.25, 0.3) is 11.4 Å². The van der Waals surface area contributed by atoms with Crippen LogP contribution >= 0.6 is 34.9 Å². The Labute approximate surface area is 168 Å². The van der Waals surface area contributed by atoms with E-state index in [2.05, 4.69) is 53.9 Å². The SMILES string of the molecule is c1ccc(-c2nnc3n2[C@@H](CSc2nnnn2Cc2cccs2)CS3)cc1. The number of aromatic nitrogens is 7. The third-order valence-corrected chi connectivity index (χ3v) is 7.31. The Morgan fingerprint density at radius 1 is 1.07 bits per heavy atom. The van der Waals surface area contributed by atoms with Gasteiger partial charge >= 0.3 is 0 Å². The first kappa shape index (κ1) is 17.0. The maximum Gasteiger partial charge on any atom is 0.209 e. The molecule has 0 unspecified atom stereocenters. The van der Waals surface area contributed by atoms with Gasteiger partial charge in [-0.15, -0.1) is 26.6 Å². The summed E-state index contributed by atoms with van der Waals surface area (Å²) in [6, 6.07) is 14.7. The zero-order valence-electron chi connectivity index (χ0n) is 14.2. The van der Waals surface area contributed by atoms with Crippen molar-refractivity contribution in [3.8, 4) is 11.4 Å². The van der Waals surface area contributed by atoms with Crippen molar-refractivity contribution in [3.63, 3.8) is 0 Å². The molecular formula is C17H15N7S3. The number of rotatable bonds is 6. The second kappa shape index (κ2) is 7.45. The Morgan fingerprint density at radius 2 is 2.00 bits per heavy atom. The number of thiophene rings is 1. The van der Waals surface area contributed by atoms with Gasteiger partial charge in [-0.25, -0.2) is 4.68 Å². The predicted octanol–water partition coefficient (Wildman–Crippen LogP) is 3.48. The fourth-order valence-corrected chi connectivity index (χ4v) is 5.85.